The molecule has 27 heavy (non-hydrogen) atoms. The minimum absolute atomic E-state index is 0.0768. The fraction of sp³-hybridized carbons (Fsp3) is 0.913. The van der Waals surface area contributed by atoms with Crippen LogP contribution in [-0.2, 0) is 14.3 Å². The summed E-state index contributed by atoms with van der Waals surface area (Å²) in [6.45, 7) is 8.76. The number of aliphatic carboxylic acids is 1. The Kier molecular flexibility index (Phi) is 11.7. The largest absolute Gasteiger partial charge is 0.481 e. The molecule has 4 unspecified atom stereocenters. The number of rotatable bonds is 13. The third-order valence-electron chi connectivity index (χ3n) is 5.91. The average Bonchev–Trinajstić information content (AvgIpc) is 2.61. The lowest BCUT2D eigenvalue weighted by atomic mass is 9.79. The number of hydrogen-bond acceptors (Lipinski definition) is 3. The summed E-state index contributed by atoms with van der Waals surface area (Å²) in [5, 5.41) is 9.47. The van der Waals surface area contributed by atoms with Crippen molar-refractivity contribution < 1.29 is 19.4 Å². The zero-order valence-corrected chi connectivity index (χ0v) is 18.0. The molecule has 0 heterocycles. The molecule has 1 N–H and O–H groups in total. The number of unbranched alkanes of at least 4 members (excludes halogenated alkanes) is 2. The van der Waals surface area contributed by atoms with E-state index in [1.54, 1.807) is 0 Å². The number of carboxylic acids is 1. The maximum absolute atomic E-state index is 12.8. The van der Waals surface area contributed by atoms with Gasteiger partial charge in [-0.05, 0) is 37.5 Å². The van der Waals surface area contributed by atoms with Crippen molar-refractivity contribution in [3.63, 3.8) is 0 Å². The molecule has 1 saturated carbocycles. The van der Waals surface area contributed by atoms with Gasteiger partial charge in [-0.3, -0.25) is 9.59 Å². The van der Waals surface area contributed by atoms with Crippen LogP contribution in [0, 0.1) is 23.7 Å². The predicted octanol–water partition coefficient (Wildman–Crippen LogP) is 6.22. The van der Waals surface area contributed by atoms with E-state index in [0.717, 1.165) is 32.1 Å². The maximum atomic E-state index is 12.8. The average molecular weight is 383 g/mol. The Hall–Kier alpha value is -1.06. The van der Waals surface area contributed by atoms with Gasteiger partial charge in [-0.1, -0.05) is 79.1 Å². The van der Waals surface area contributed by atoms with Crippen molar-refractivity contribution in [3.05, 3.63) is 0 Å². The van der Waals surface area contributed by atoms with Crippen LogP contribution in [0.4, 0.5) is 0 Å². The highest BCUT2D eigenvalue weighted by Gasteiger charge is 2.38. The Labute approximate surface area is 166 Å². The zero-order chi connectivity index (χ0) is 20.2. The van der Waals surface area contributed by atoms with E-state index in [1.807, 2.05) is 0 Å². The third kappa shape index (κ3) is 9.12. The van der Waals surface area contributed by atoms with Crippen molar-refractivity contribution >= 4 is 11.9 Å². The van der Waals surface area contributed by atoms with Crippen molar-refractivity contribution in [1.82, 2.24) is 0 Å². The van der Waals surface area contributed by atoms with E-state index in [0.29, 0.717) is 24.7 Å². The Balaban J connectivity index is 2.73. The molecule has 0 radical (unpaired) electrons. The second-order valence-corrected chi connectivity index (χ2v) is 8.91. The summed E-state index contributed by atoms with van der Waals surface area (Å²) >= 11 is 0. The third-order valence-corrected chi connectivity index (χ3v) is 5.91. The first kappa shape index (κ1) is 24.0. The van der Waals surface area contributed by atoms with E-state index in [9.17, 15) is 14.7 Å². The minimum Gasteiger partial charge on any atom is -0.481 e. The Morgan fingerprint density at radius 1 is 0.963 bits per heavy atom. The molecule has 0 spiro atoms. The van der Waals surface area contributed by atoms with Crippen LogP contribution >= 0.6 is 0 Å². The molecule has 1 fully saturated rings. The van der Waals surface area contributed by atoms with Crippen LogP contribution in [0.15, 0.2) is 0 Å². The number of esters is 1. The van der Waals surface area contributed by atoms with Gasteiger partial charge in [0.25, 0.3) is 0 Å². The molecule has 158 valence electrons. The van der Waals surface area contributed by atoms with Gasteiger partial charge in [-0.15, -0.1) is 0 Å². The maximum Gasteiger partial charge on any atom is 0.310 e. The first-order chi connectivity index (χ1) is 12.9. The van der Waals surface area contributed by atoms with Crippen molar-refractivity contribution in [2.24, 2.45) is 23.7 Å². The molecule has 1 aliphatic rings. The molecule has 0 aromatic rings. The van der Waals surface area contributed by atoms with Crippen molar-refractivity contribution in [2.75, 3.05) is 0 Å². The fourth-order valence-corrected chi connectivity index (χ4v) is 4.52. The van der Waals surface area contributed by atoms with Crippen LogP contribution in [0.1, 0.15) is 105 Å². The highest BCUT2D eigenvalue weighted by Crippen LogP contribution is 2.33. The Bertz CT molecular complexity index is 432. The molecule has 0 aromatic carbocycles. The normalized spacial score (nSPS) is 22.4. The second kappa shape index (κ2) is 13.2. The van der Waals surface area contributed by atoms with Gasteiger partial charge < -0.3 is 9.84 Å². The molecule has 4 atom stereocenters. The topological polar surface area (TPSA) is 63.6 Å². The molecule has 0 saturated heterocycles. The summed E-state index contributed by atoms with van der Waals surface area (Å²) < 4.78 is 5.96. The number of carbonyl (C=O) groups excluding carboxylic acids is 1. The molecule has 4 nitrogen and oxygen atoms in total. The van der Waals surface area contributed by atoms with Gasteiger partial charge >= 0.3 is 11.9 Å². The lowest BCUT2D eigenvalue weighted by Gasteiger charge is -2.30. The first-order valence-corrected chi connectivity index (χ1v) is 11.3. The monoisotopic (exact) mass is 382 g/mol. The van der Waals surface area contributed by atoms with Crippen molar-refractivity contribution in [1.29, 1.82) is 0 Å². The number of carbonyl (C=O) groups is 2. The van der Waals surface area contributed by atoms with Gasteiger partial charge in [0.2, 0.25) is 0 Å². The highest BCUT2D eigenvalue weighted by molar-refractivity contribution is 5.81. The van der Waals surface area contributed by atoms with E-state index in [1.165, 1.54) is 32.1 Å². The van der Waals surface area contributed by atoms with Crippen LogP contribution in [0.2, 0.25) is 0 Å². The quantitative estimate of drug-likeness (QED) is 0.303. The SMILES string of the molecule is CCCCCC(CCC)CC(CC(C)C)OC(=O)C1CCCCC1C(=O)O. The number of carboxylic acid groups (broad SMARTS) is 1. The molecule has 0 amide bonds. The van der Waals surface area contributed by atoms with Gasteiger partial charge in [0, 0.05) is 0 Å². The molecule has 4 heteroatoms. The van der Waals surface area contributed by atoms with Crippen LogP contribution in [-0.4, -0.2) is 23.1 Å². The predicted molar refractivity (Wildman–Crippen MR) is 110 cm³/mol. The van der Waals surface area contributed by atoms with Crippen molar-refractivity contribution in [3.8, 4) is 0 Å². The number of ether oxygens (including phenoxy) is 1. The summed E-state index contributed by atoms with van der Waals surface area (Å²) in [7, 11) is 0. The van der Waals surface area contributed by atoms with E-state index in [4.69, 9.17) is 4.74 Å². The second-order valence-electron chi connectivity index (χ2n) is 8.91. The molecular weight excluding hydrogens is 340 g/mol. The summed E-state index contributed by atoms with van der Waals surface area (Å²) in [6.07, 6.45) is 12.0. The molecular formula is C23H42O4. The first-order valence-electron chi connectivity index (χ1n) is 11.3. The standard InChI is InChI=1S/C23H42O4/c1-5-7-8-12-18(11-6-2)16-19(15-17(3)4)27-23(26)21-14-10-9-13-20(21)22(24)25/h17-21H,5-16H2,1-4H3,(H,24,25). The van der Waals surface area contributed by atoms with Crippen LogP contribution in [0.5, 0.6) is 0 Å². The molecule has 0 aliphatic heterocycles. The van der Waals surface area contributed by atoms with Crippen LogP contribution in [0.25, 0.3) is 0 Å². The molecule has 1 aliphatic carbocycles. The van der Waals surface area contributed by atoms with Gasteiger partial charge in [0.05, 0.1) is 11.8 Å². The summed E-state index contributed by atoms with van der Waals surface area (Å²) in [4.78, 5) is 24.4. The smallest absolute Gasteiger partial charge is 0.310 e. The summed E-state index contributed by atoms with van der Waals surface area (Å²) in [5.74, 6) is -1.09. The zero-order valence-electron chi connectivity index (χ0n) is 18.0. The fourth-order valence-electron chi connectivity index (χ4n) is 4.52. The van der Waals surface area contributed by atoms with E-state index >= 15 is 0 Å². The highest BCUT2D eigenvalue weighted by atomic mass is 16.5. The Morgan fingerprint density at radius 2 is 1.63 bits per heavy atom. The van der Waals surface area contributed by atoms with E-state index < -0.39 is 17.8 Å². The summed E-state index contributed by atoms with van der Waals surface area (Å²) in [5.41, 5.74) is 0. The summed E-state index contributed by atoms with van der Waals surface area (Å²) in [6, 6.07) is 0. The lowest BCUT2D eigenvalue weighted by Crippen LogP contribution is -2.36. The van der Waals surface area contributed by atoms with Gasteiger partial charge in [-0.25, -0.2) is 0 Å². The minimum atomic E-state index is -0.847. The van der Waals surface area contributed by atoms with Gasteiger partial charge in [-0.2, -0.15) is 0 Å². The molecule has 1 rings (SSSR count). The van der Waals surface area contributed by atoms with E-state index in [-0.39, 0.29) is 12.1 Å². The lowest BCUT2D eigenvalue weighted by molar-refractivity contribution is -0.165. The number of hydrogen-bond donors (Lipinski definition) is 1. The van der Waals surface area contributed by atoms with Gasteiger partial charge in [0.1, 0.15) is 6.10 Å². The van der Waals surface area contributed by atoms with Crippen LogP contribution in [0.3, 0.4) is 0 Å². The Morgan fingerprint density at radius 3 is 2.19 bits per heavy atom. The molecule has 0 bridgehead atoms. The van der Waals surface area contributed by atoms with Crippen molar-refractivity contribution in [2.45, 2.75) is 111 Å². The molecule has 0 aromatic heterocycles. The van der Waals surface area contributed by atoms with Crippen LogP contribution < -0.4 is 0 Å². The van der Waals surface area contributed by atoms with Gasteiger partial charge in [0.15, 0.2) is 0 Å². The van der Waals surface area contributed by atoms with E-state index in [2.05, 4.69) is 27.7 Å².